The largest absolute Gasteiger partial charge is 0.342 e. The van der Waals surface area contributed by atoms with Gasteiger partial charge in [-0.25, -0.2) is 0 Å². The first-order chi connectivity index (χ1) is 8.36. The molecule has 1 amide bonds. The number of nitrogens with one attached hydrogen (secondary N) is 1. The van der Waals surface area contributed by atoms with Gasteiger partial charge in [0.2, 0.25) is 5.91 Å². The molecule has 0 bridgehead atoms. The van der Waals surface area contributed by atoms with Crippen molar-refractivity contribution in [2.45, 2.75) is 51.4 Å². The van der Waals surface area contributed by atoms with Crippen LogP contribution >= 0.6 is 0 Å². The zero-order valence-electron chi connectivity index (χ0n) is 10.9. The topological polar surface area (TPSA) is 32.3 Å². The molecule has 0 aromatic rings. The Hall–Kier alpha value is -0.570. The number of carbonyl (C=O) groups excluding carboxylic acids is 1. The van der Waals surface area contributed by atoms with Gasteiger partial charge >= 0.3 is 0 Å². The quantitative estimate of drug-likeness (QED) is 0.719. The maximum Gasteiger partial charge on any atom is 0.236 e. The summed E-state index contributed by atoms with van der Waals surface area (Å²) in [6.07, 6.45) is 10.4. The minimum atomic E-state index is 0.304. The average molecular weight is 238 g/mol. The molecule has 1 aliphatic heterocycles. The summed E-state index contributed by atoms with van der Waals surface area (Å²) in [5.41, 5.74) is 0. The standard InChI is InChI=1S/C14H26N2O/c17-14(16-10-3-1-2-4-11-16)12-15-9-5-6-13-7-8-13/h13,15H,1-12H2. The van der Waals surface area contributed by atoms with Gasteiger partial charge in [0.1, 0.15) is 0 Å². The molecule has 2 fully saturated rings. The zero-order valence-corrected chi connectivity index (χ0v) is 10.9. The van der Waals surface area contributed by atoms with E-state index < -0.39 is 0 Å². The lowest BCUT2D eigenvalue weighted by Gasteiger charge is -2.20. The van der Waals surface area contributed by atoms with E-state index in [1.54, 1.807) is 0 Å². The van der Waals surface area contributed by atoms with Crippen LogP contribution in [0.1, 0.15) is 51.4 Å². The molecule has 1 aliphatic carbocycles. The highest BCUT2D eigenvalue weighted by Crippen LogP contribution is 2.33. The second-order valence-corrected chi connectivity index (χ2v) is 5.56. The third-order valence-corrected chi connectivity index (χ3v) is 3.90. The molecule has 1 saturated carbocycles. The van der Waals surface area contributed by atoms with Gasteiger partial charge in [0.15, 0.2) is 0 Å². The molecule has 17 heavy (non-hydrogen) atoms. The van der Waals surface area contributed by atoms with Crippen LogP contribution in [0.2, 0.25) is 0 Å². The molecule has 3 heteroatoms. The maximum absolute atomic E-state index is 11.9. The van der Waals surface area contributed by atoms with Gasteiger partial charge in [0.05, 0.1) is 6.54 Å². The van der Waals surface area contributed by atoms with Gasteiger partial charge < -0.3 is 10.2 Å². The van der Waals surface area contributed by atoms with Crippen LogP contribution in [-0.2, 0) is 4.79 Å². The number of rotatable bonds is 6. The molecule has 1 N–H and O–H groups in total. The highest BCUT2D eigenvalue weighted by atomic mass is 16.2. The fourth-order valence-electron chi connectivity index (χ4n) is 2.55. The molecule has 2 rings (SSSR count). The van der Waals surface area contributed by atoms with Gasteiger partial charge in [-0.15, -0.1) is 0 Å². The third kappa shape index (κ3) is 5.07. The maximum atomic E-state index is 11.9. The fourth-order valence-corrected chi connectivity index (χ4v) is 2.55. The predicted molar refractivity (Wildman–Crippen MR) is 69.9 cm³/mol. The van der Waals surface area contributed by atoms with Crippen molar-refractivity contribution in [1.29, 1.82) is 0 Å². The lowest BCUT2D eigenvalue weighted by atomic mass is 10.2. The molecule has 1 saturated heterocycles. The van der Waals surface area contributed by atoms with E-state index in [2.05, 4.69) is 5.32 Å². The fraction of sp³-hybridized carbons (Fsp3) is 0.929. The van der Waals surface area contributed by atoms with Crippen LogP contribution in [0.4, 0.5) is 0 Å². The van der Waals surface area contributed by atoms with E-state index in [4.69, 9.17) is 0 Å². The summed E-state index contributed by atoms with van der Waals surface area (Å²) in [5, 5.41) is 3.29. The van der Waals surface area contributed by atoms with Gasteiger partial charge in [-0.3, -0.25) is 4.79 Å². The summed E-state index contributed by atoms with van der Waals surface area (Å²) in [6, 6.07) is 0. The SMILES string of the molecule is O=C(CNCCCC1CC1)N1CCCCCC1. The van der Waals surface area contributed by atoms with Gasteiger partial charge in [0.25, 0.3) is 0 Å². The minimum absolute atomic E-state index is 0.304. The molecule has 0 aromatic heterocycles. The summed E-state index contributed by atoms with van der Waals surface area (Å²) in [4.78, 5) is 14.0. The Morgan fingerprint density at radius 1 is 1.12 bits per heavy atom. The summed E-state index contributed by atoms with van der Waals surface area (Å²) >= 11 is 0. The second kappa shape index (κ2) is 7.00. The Morgan fingerprint density at radius 3 is 2.47 bits per heavy atom. The van der Waals surface area contributed by atoms with Crippen molar-refractivity contribution in [3.8, 4) is 0 Å². The second-order valence-electron chi connectivity index (χ2n) is 5.56. The van der Waals surface area contributed by atoms with Crippen LogP contribution in [0.5, 0.6) is 0 Å². The van der Waals surface area contributed by atoms with Crippen LogP contribution in [0.15, 0.2) is 0 Å². The normalized spacial score (nSPS) is 21.3. The van der Waals surface area contributed by atoms with Crippen LogP contribution in [0.25, 0.3) is 0 Å². The number of nitrogens with zero attached hydrogens (tertiary/aromatic N) is 1. The molecule has 0 radical (unpaired) electrons. The van der Waals surface area contributed by atoms with Crippen LogP contribution < -0.4 is 5.32 Å². The van der Waals surface area contributed by atoms with Gasteiger partial charge in [-0.2, -0.15) is 0 Å². The molecular weight excluding hydrogens is 212 g/mol. The Balaban J connectivity index is 1.52. The van der Waals surface area contributed by atoms with Crippen molar-refractivity contribution in [1.82, 2.24) is 10.2 Å². The highest BCUT2D eigenvalue weighted by molar-refractivity contribution is 5.78. The van der Waals surface area contributed by atoms with E-state index in [1.165, 1.54) is 51.4 Å². The van der Waals surface area contributed by atoms with Crippen molar-refractivity contribution >= 4 is 5.91 Å². The first kappa shape index (κ1) is 12.9. The molecule has 0 spiro atoms. The van der Waals surface area contributed by atoms with Crippen LogP contribution in [-0.4, -0.2) is 37.0 Å². The van der Waals surface area contributed by atoms with E-state index in [9.17, 15) is 4.79 Å². The average Bonchev–Trinajstić information content (AvgIpc) is 3.15. The Labute approximate surface area is 105 Å². The first-order valence-corrected chi connectivity index (χ1v) is 7.35. The number of amides is 1. The third-order valence-electron chi connectivity index (χ3n) is 3.90. The molecule has 0 atom stereocenters. The van der Waals surface area contributed by atoms with Gasteiger partial charge in [-0.1, -0.05) is 25.7 Å². The van der Waals surface area contributed by atoms with Crippen molar-refractivity contribution in [2.24, 2.45) is 5.92 Å². The van der Waals surface area contributed by atoms with Crippen LogP contribution in [0.3, 0.4) is 0 Å². The monoisotopic (exact) mass is 238 g/mol. The van der Waals surface area contributed by atoms with E-state index in [1.807, 2.05) is 4.90 Å². The molecule has 1 heterocycles. The Bertz CT molecular complexity index is 230. The Morgan fingerprint density at radius 2 is 1.82 bits per heavy atom. The van der Waals surface area contributed by atoms with Crippen molar-refractivity contribution in [3.05, 3.63) is 0 Å². The van der Waals surface area contributed by atoms with Crippen molar-refractivity contribution in [2.75, 3.05) is 26.2 Å². The predicted octanol–water partition coefficient (Wildman–Crippen LogP) is 2.17. The number of carbonyl (C=O) groups is 1. The lowest BCUT2D eigenvalue weighted by Crippen LogP contribution is -2.39. The smallest absolute Gasteiger partial charge is 0.236 e. The van der Waals surface area contributed by atoms with Crippen LogP contribution in [0, 0.1) is 5.92 Å². The van der Waals surface area contributed by atoms with E-state index in [0.29, 0.717) is 12.5 Å². The Kier molecular flexibility index (Phi) is 5.30. The molecule has 3 nitrogen and oxygen atoms in total. The summed E-state index contributed by atoms with van der Waals surface area (Å²) < 4.78 is 0. The first-order valence-electron chi connectivity index (χ1n) is 7.35. The van der Waals surface area contributed by atoms with Crippen molar-refractivity contribution in [3.63, 3.8) is 0 Å². The van der Waals surface area contributed by atoms with E-state index >= 15 is 0 Å². The summed E-state index contributed by atoms with van der Waals surface area (Å²) in [7, 11) is 0. The summed E-state index contributed by atoms with van der Waals surface area (Å²) in [5.74, 6) is 1.32. The molecule has 0 unspecified atom stereocenters. The zero-order chi connectivity index (χ0) is 11.9. The number of likely N-dealkylation sites (tertiary alicyclic amines) is 1. The van der Waals surface area contributed by atoms with Gasteiger partial charge in [0, 0.05) is 13.1 Å². The molecule has 2 aliphatic rings. The molecule has 0 aromatic carbocycles. The van der Waals surface area contributed by atoms with Crippen molar-refractivity contribution < 1.29 is 4.79 Å². The van der Waals surface area contributed by atoms with E-state index in [-0.39, 0.29) is 0 Å². The number of hydrogen-bond donors (Lipinski definition) is 1. The highest BCUT2D eigenvalue weighted by Gasteiger charge is 2.20. The summed E-state index contributed by atoms with van der Waals surface area (Å²) in [6.45, 7) is 3.51. The number of hydrogen-bond acceptors (Lipinski definition) is 2. The molecular formula is C14H26N2O. The lowest BCUT2D eigenvalue weighted by molar-refractivity contribution is -0.130. The molecule has 98 valence electrons. The van der Waals surface area contributed by atoms with Gasteiger partial charge in [-0.05, 0) is 38.1 Å². The minimum Gasteiger partial charge on any atom is -0.342 e. The van der Waals surface area contributed by atoms with E-state index in [0.717, 1.165) is 25.6 Å².